The highest BCUT2D eigenvalue weighted by molar-refractivity contribution is 9.10. The molecule has 0 aliphatic heterocycles. The number of hydrogen-bond donors (Lipinski definition) is 0. The van der Waals surface area contributed by atoms with E-state index in [1.807, 2.05) is 0 Å². The van der Waals surface area contributed by atoms with E-state index in [1.165, 1.54) is 16.1 Å². The molecule has 2 heterocycles. The van der Waals surface area contributed by atoms with Gasteiger partial charge in [-0.25, -0.2) is 9.78 Å². The Bertz CT molecular complexity index is 1150. The summed E-state index contributed by atoms with van der Waals surface area (Å²) in [5.41, 5.74) is 0.149. The Hall–Kier alpha value is -2.19. The summed E-state index contributed by atoms with van der Waals surface area (Å²) < 4.78 is 4.25. The van der Waals surface area contributed by atoms with Crippen molar-refractivity contribution in [2.75, 3.05) is 0 Å². The molecule has 3 aromatic rings. The molecule has 1 unspecified atom stereocenters. The van der Waals surface area contributed by atoms with Crippen molar-refractivity contribution in [3.05, 3.63) is 60.4 Å². The van der Waals surface area contributed by atoms with Crippen LogP contribution in [0.2, 0.25) is 5.02 Å². The molecule has 0 radical (unpaired) electrons. The molecule has 0 N–H and O–H groups in total. The van der Waals surface area contributed by atoms with Gasteiger partial charge in [-0.3, -0.25) is 18.7 Å². The van der Waals surface area contributed by atoms with Gasteiger partial charge in [0.1, 0.15) is 0 Å². The quantitative estimate of drug-likeness (QED) is 0.585. The molecule has 0 aliphatic rings. The average Bonchev–Trinajstić information content (AvgIpc) is 2.93. The third-order valence-electron chi connectivity index (χ3n) is 4.34. The van der Waals surface area contributed by atoms with Gasteiger partial charge in [0.15, 0.2) is 21.7 Å². The maximum Gasteiger partial charge on any atom is 0.332 e. The third-order valence-corrected chi connectivity index (χ3v) is 5.13. The first-order valence-electron chi connectivity index (χ1n) is 7.84. The van der Waals surface area contributed by atoms with Gasteiger partial charge in [-0.05, 0) is 47.5 Å². The number of carbonyl (C=O) groups excluding carboxylic acids is 1. The minimum Gasteiger partial charge on any atom is -0.302 e. The highest BCUT2D eigenvalue weighted by atomic mass is 79.9. The molecule has 1 aromatic carbocycles. The number of hydrogen-bond acceptors (Lipinski definition) is 4. The summed E-state index contributed by atoms with van der Waals surface area (Å²) in [7, 11) is 1.54. The number of imidazole rings is 1. The number of fused-ring (bicyclic) bond motifs is 1. The molecule has 7 nitrogen and oxygen atoms in total. The number of aromatic nitrogens is 4. The zero-order valence-corrected chi connectivity index (χ0v) is 16.7. The first kappa shape index (κ1) is 18.6. The van der Waals surface area contributed by atoms with Gasteiger partial charge in [0.2, 0.25) is 0 Å². The van der Waals surface area contributed by atoms with Crippen LogP contribution in [0.5, 0.6) is 0 Å². The topological polar surface area (TPSA) is 78.9 Å². The van der Waals surface area contributed by atoms with Crippen molar-refractivity contribution in [1.82, 2.24) is 18.7 Å². The van der Waals surface area contributed by atoms with Crippen molar-refractivity contribution in [2.24, 2.45) is 7.05 Å². The predicted octanol–water partition coefficient (Wildman–Crippen LogP) is 2.51. The van der Waals surface area contributed by atoms with Crippen molar-refractivity contribution in [3.63, 3.8) is 0 Å². The van der Waals surface area contributed by atoms with Gasteiger partial charge in [-0.1, -0.05) is 23.7 Å². The average molecular weight is 440 g/mol. The number of Topliss-reactive ketones (excluding diaryl/α,β-unsaturated/α-hetero) is 1. The van der Waals surface area contributed by atoms with E-state index in [4.69, 9.17) is 11.6 Å². The summed E-state index contributed by atoms with van der Waals surface area (Å²) in [6.45, 7) is 3.19. The molecule has 0 fully saturated rings. The summed E-state index contributed by atoms with van der Waals surface area (Å²) in [5, 5.41) is 0.520. The predicted molar refractivity (Wildman–Crippen MR) is 103 cm³/mol. The van der Waals surface area contributed by atoms with Crippen LogP contribution in [0.1, 0.15) is 25.5 Å². The Morgan fingerprint density at radius 3 is 2.65 bits per heavy atom. The SMILES string of the molecule is CC(=O)C(C)n1c(Br)nc2c1c(=O)n(Cc1cccc(Cl)c1)c(=O)n2C. The Morgan fingerprint density at radius 1 is 1.35 bits per heavy atom. The lowest BCUT2D eigenvalue weighted by atomic mass is 10.2. The second-order valence-electron chi connectivity index (χ2n) is 6.07. The summed E-state index contributed by atoms with van der Waals surface area (Å²) in [6, 6.07) is 6.36. The minimum absolute atomic E-state index is 0.0687. The summed E-state index contributed by atoms with van der Waals surface area (Å²) >= 11 is 9.28. The lowest BCUT2D eigenvalue weighted by Gasteiger charge is -2.13. The third kappa shape index (κ3) is 3.03. The van der Waals surface area contributed by atoms with Crippen molar-refractivity contribution >= 4 is 44.5 Å². The number of nitrogens with zero attached hydrogens (tertiary/aromatic N) is 4. The standard InChI is InChI=1S/C17H16BrClN4O3/c1-9(10(2)24)23-13-14(20-16(23)18)21(3)17(26)22(15(13)25)8-11-5-4-6-12(19)7-11/h4-7,9H,8H2,1-3H3. The molecule has 136 valence electrons. The van der Waals surface area contributed by atoms with E-state index >= 15 is 0 Å². The van der Waals surface area contributed by atoms with E-state index in [-0.39, 0.29) is 23.5 Å². The number of halogens is 2. The van der Waals surface area contributed by atoms with E-state index in [1.54, 1.807) is 38.2 Å². The Labute approximate surface area is 162 Å². The maximum atomic E-state index is 13.1. The van der Waals surface area contributed by atoms with Gasteiger partial charge in [-0.2, -0.15) is 0 Å². The van der Waals surface area contributed by atoms with Crippen LogP contribution in [-0.4, -0.2) is 24.5 Å². The van der Waals surface area contributed by atoms with Crippen molar-refractivity contribution in [1.29, 1.82) is 0 Å². The van der Waals surface area contributed by atoms with E-state index in [9.17, 15) is 14.4 Å². The minimum atomic E-state index is -0.598. The van der Waals surface area contributed by atoms with Crippen LogP contribution in [0.4, 0.5) is 0 Å². The van der Waals surface area contributed by atoms with Gasteiger partial charge < -0.3 is 4.57 Å². The fourth-order valence-corrected chi connectivity index (χ4v) is 3.67. The van der Waals surface area contributed by atoms with Gasteiger partial charge in [0.25, 0.3) is 5.56 Å². The zero-order valence-electron chi connectivity index (χ0n) is 14.4. The molecular weight excluding hydrogens is 424 g/mol. The molecular formula is C17H16BrClN4O3. The maximum absolute atomic E-state index is 13.1. The van der Waals surface area contributed by atoms with Gasteiger partial charge in [-0.15, -0.1) is 0 Å². The molecule has 3 rings (SSSR count). The first-order chi connectivity index (χ1) is 12.2. The molecule has 0 aliphatic carbocycles. The normalized spacial score (nSPS) is 12.5. The zero-order chi connectivity index (χ0) is 19.2. The van der Waals surface area contributed by atoms with Gasteiger partial charge >= 0.3 is 5.69 Å². The highest BCUT2D eigenvalue weighted by Gasteiger charge is 2.24. The van der Waals surface area contributed by atoms with E-state index in [0.29, 0.717) is 9.76 Å². The largest absolute Gasteiger partial charge is 0.332 e. The first-order valence-corrected chi connectivity index (χ1v) is 9.01. The molecule has 0 amide bonds. The van der Waals surface area contributed by atoms with Crippen LogP contribution < -0.4 is 11.2 Å². The number of rotatable bonds is 4. The van der Waals surface area contributed by atoms with E-state index < -0.39 is 17.3 Å². The van der Waals surface area contributed by atoms with E-state index in [2.05, 4.69) is 20.9 Å². The van der Waals surface area contributed by atoms with Crippen LogP contribution in [0, 0.1) is 0 Å². The summed E-state index contributed by atoms with van der Waals surface area (Å²) in [4.78, 5) is 41.9. The Kier molecular flexibility index (Phi) is 4.90. The van der Waals surface area contributed by atoms with Crippen molar-refractivity contribution in [3.8, 4) is 0 Å². The van der Waals surface area contributed by atoms with Crippen LogP contribution >= 0.6 is 27.5 Å². The fraction of sp³-hybridized carbons (Fsp3) is 0.294. The van der Waals surface area contributed by atoms with Crippen LogP contribution in [0.15, 0.2) is 38.6 Å². The Balaban J connectivity index is 2.31. The van der Waals surface area contributed by atoms with E-state index in [0.717, 1.165) is 10.1 Å². The molecule has 0 spiro atoms. The molecule has 2 aromatic heterocycles. The number of carbonyl (C=O) groups is 1. The molecule has 0 bridgehead atoms. The molecule has 1 atom stereocenters. The fourth-order valence-electron chi connectivity index (χ4n) is 2.81. The lowest BCUT2D eigenvalue weighted by molar-refractivity contribution is -0.119. The lowest BCUT2D eigenvalue weighted by Crippen LogP contribution is -2.40. The second kappa shape index (κ2) is 6.85. The molecule has 0 saturated heterocycles. The number of ketones is 1. The second-order valence-corrected chi connectivity index (χ2v) is 7.22. The molecule has 26 heavy (non-hydrogen) atoms. The Morgan fingerprint density at radius 2 is 2.04 bits per heavy atom. The highest BCUT2D eigenvalue weighted by Crippen LogP contribution is 2.22. The smallest absolute Gasteiger partial charge is 0.302 e. The van der Waals surface area contributed by atoms with Gasteiger partial charge in [0, 0.05) is 12.1 Å². The number of benzene rings is 1. The van der Waals surface area contributed by atoms with Crippen LogP contribution in [0.3, 0.4) is 0 Å². The monoisotopic (exact) mass is 438 g/mol. The molecule has 0 saturated carbocycles. The van der Waals surface area contributed by atoms with Crippen molar-refractivity contribution < 1.29 is 4.79 Å². The number of aryl methyl sites for hydroxylation is 1. The van der Waals surface area contributed by atoms with Crippen LogP contribution in [0.25, 0.3) is 11.2 Å². The van der Waals surface area contributed by atoms with Crippen LogP contribution in [-0.2, 0) is 18.4 Å². The molecule has 9 heteroatoms. The van der Waals surface area contributed by atoms with Crippen molar-refractivity contribution in [2.45, 2.75) is 26.4 Å². The summed E-state index contributed by atoms with van der Waals surface area (Å²) in [5.74, 6) is -0.125. The van der Waals surface area contributed by atoms with Gasteiger partial charge in [0.05, 0.1) is 12.6 Å². The summed E-state index contributed by atoms with van der Waals surface area (Å²) in [6.07, 6.45) is 0.